The standard InChI is InChI=1S/C19H23N5O/c1-14-20-17(19(25)22-15-7-8-15)13-18(21-14)24-11-9-23(10-12-24)16-5-3-2-4-6-16/h2-6,13,15H,7-12H2,1H3,(H,22,25). The van der Waals surface area contributed by atoms with Crippen LogP contribution in [-0.4, -0.2) is 48.1 Å². The molecule has 1 aliphatic carbocycles. The molecule has 0 bridgehead atoms. The fourth-order valence-electron chi connectivity index (χ4n) is 3.15. The van der Waals surface area contributed by atoms with Gasteiger partial charge in [-0.1, -0.05) is 18.2 Å². The highest BCUT2D eigenvalue weighted by atomic mass is 16.2. The summed E-state index contributed by atoms with van der Waals surface area (Å²) < 4.78 is 0. The Bertz CT molecular complexity index is 752. The van der Waals surface area contributed by atoms with Gasteiger partial charge >= 0.3 is 0 Å². The fourth-order valence-corrected chi connectivity index (χ4v) is 3.15. The topological polar surface area (TPSA) is 61.4 Å². The van der Waals surface area contributed by atoms with Gasteiger partial charge in [0.15, 0.2) is 0 Å². The van der Waals surface area contributed by atoms with Gasteiger partial charge in [-0.05, 0) is 31.9 Å². The predicted octanol–water partition coefficient (Wildman–Crippen LogP) is 2.00. The number of amides is 1. The molecule has 0 unspecified atom stereocenters. The summed E-state index contributed by atoms with van der Waals surface area (Å²) >= 11 is 0. The second kappa shape index (κ2) is 6.70. The highest BCUT2D eigenvalue weighted by Gasteiger charge is 2.25. The number of benzene rings is 1. The maximum absolute atomic E-state index is 12.3. The lowest BCUT2D eigenvalue weighted by molar-refractivity contribution is 0.0945. The number of hydrogen-bond acceptors (Lipinski definition) is 5. The van der Waals surface area contributed by atoms with E-state index < -0.39 is 0 Å². The third-order valence-corrected chi connectivity index (χ3v) is 4.69. The zero-order valence-electron chi connectivity index (χ0n) is 14.5. The second-order valence-corrected chi connectivity index (χ2v) is 6.72. The number of nitrogens with zero attached hydrogens (tertiary/aromatic N) is 4. The summed E-state index contributed by atoms with van der Waals surface area (Å²) in [6.45, 7) is 5.50. The molecule has 2 aromatic rings. The summed E-state index contributed by atoms with van der Waals surface area (Å²) in [4.78, 5) is 25.8. The van der Waals surface area contributed by atoms with Crippen LogP contribution in [0.4, 0.5) is 11.5 Å². The Morgan fingerprint density at radius 3 is 2.40 bits per heavy atom. The Balaban J connectivity index is 1.45. The summed E-state index contributed by atoms with van der Waals surface area (Å²) in [5.41, 5.74) is 1.73. The number of carbonyl (C=O) groups is 1. The van der Waals surface area contributed by atoms with E-state index in [1.54, 1.807) is 0 Å². The largest absolute Gasteiger partial charge is 0.368 e. The summed E-state index contributed by atoms with van der Waals surface area (Å²) in [5.74, 6) is 1.40. The summed E-state index contributed by atoms with van der Waals surface area (Å²) in [6, 6.07) is 12.6. The molecular weight excluding hydrogens is 314 g/mol. The van der Waals surface area contributed by atoms with Crippen LogP contribution in [0.3, 0.4) is 0 Å². The van der Waals surface area contributed by atoms with Crippen molar-refractivity contribution in [2.45, 2.75) is 25.8 Å². The first-order chi connectivity index (χ1) is 12.2. The number of piperazine rings is 1. The molecule has 6 nitrogen and oxygen atoms in total. The van der Waals surface area contributed by atoms with Crippen LogP contribution in [0.5, 0.6) is 0 Å². The number of rotatable bonds is 4. The molecule has 0 radical (unpaired) electrons. The molecule has 4 rings (SSSR count). The van der Waals surface area contributed by atoms with Crippen LogP contribution in [0, 0.1) is 6.92 Å². The molecule has 1 N–H and O–H groups in total. The first kappa shape index (κ1) is 15.9. The smallest absolute Gasteiger partial charge is 0.270 e. The van der Waals surface area contributed by atoms with E-state index in [4.69, 9.17) is 0 Å². The van der Waals surface area contributed by atoms with Crippen molar-refractivity contribution < 1.29 is 4.79 Å². The molecule has 2 fully saturated rings. The average molecular weight is 337 g/mol. The van der Waals surface area contributed by atoms with Crippen LogP contribution < -0.4 is 15.1 Å². The first-order valence-electron chi connectivity index (χ1n) is 8.90. The number of hydrogen-bond donors (Lipinski definition) is 1. The molecular formula is C19H23N5O. The maximum Gasteiger partial charge on any atom is 0.270 e. The third kappa shape index (κ3) is 3.73. The third-order valence-electron chi connectivity index (χ3n) is 4.69. The van der Waals surface area contributed by atoms with Crippen molar-refractivity contribution in [2.75, 3.05) is 36.0 Å². The minimum Gasteiger partial charge on any atom is -0.368 e. The highest BCUT2D eigenvalue weighted by molar-refractivity contribution is 5.93. The van der Waals surface area contributed by atoms with E-state index in [0.29, 0.717) is 17.6 Å². The fraction of sp³-hybridized carbons (Fsp3) is 0.421. The quantitative estimate of drug-likeness (QED) is 0.925. The number of carbonyl (C=O) groups excluding carboxylic acids is 1. The number of nitrogens with one attached hydrogen (secondary N) is 1. The van der Waals surface area contributed by atoms with Gasteiger partial charge in [-0.25, -0.2) is 9.97 Å². The molecule has 1 aromatic heterocycles. The monoisotopic (exact) mass is 337 g/mol. The molecule has 1 aromatic carbocycles. The van der Waals surface area contributed by atoms with E-state index >= 15 is 0 Å². The van der Waals surface area contributed by atoms with Gasteiger partial charge in [0.2, 0.25) is 0 Å². The number of para-hydroxylation sites is 1. The Morgan fingerprint density at radius 1 is 1.04 bits per heavy atom. The van der Waals surface area contributed by atoms with Crippen LogP contribution in [0.25, 0.3) is 0 Å². The van der Waals surface area contributed by atoms with Gasteiger partial charge in [-0.2, -0.15) is 0 Å². The molecule has 0 spiro atoms. The van der Waals surface area contributed by atoms with Crippen LogP contribution >= 0.6 is 0 Å². The second-order valence-electron chi connectivity index (χ2n) is 6.72. The van der Waals surface area contributed by atoms with Gasteiger partial charge in [0.05, 0.1) is 0 Å². The molecule has 2 heterocycles. The molecule has 25 heavy (non-hydrogen) atoms. The lowest BCUT2D eigenvalue weighted by Crippen LogP contribution is -2.47. The Labute approximate surface area is 147 Å². The van der Waals surface area contributed by atoms with Crippen LogP contribution in [0.15, 0.2) is 36.4 Å². The van der Waals surface area contributed by atoms with Gasteiger partial charge in [-0.15, -0.1) is 0 Å². The van der Waals surface area contributed by atoms with E-state index in [1.807, 2.05) is 19.1 Å². The molecule has 130 valence electrons. The highest BCUT2D eigenvalue weighted by Crippen LogP contribution is 2.21. The normalized spacial score (nSPS) is 17.5. The molecule has 6 heteroatoms. The Morgan fingerprint density at radius 2 is 1.72 bits per heavy atom. The first-order valence-corrected chi connectivity index (χ1v) is 8.90. The van der Waals surface area contributed by atoms with Crippen molar-refractivity contribution in [1.82, 2.24) is 15.3 Å². The maximum atomic E-state index is 12.3. The average Bonchev–Trinajstić information content (AvgIpc) is 3.46. The van der Waals surface area contributed by atoms with Crippen molar-refractivity contribution >= 4 is 17.4 Å². The molecule has 1 aliphatic heterocycles. The molecule has 2 aliphatic rings. The molecule has 1 amide bonds. The molecule has 1 saturated heterocycles. The molecule has 1 saturated carbocycles. The molecule has 0 atom stereocenters. The van der Waals surface area contributed by atoms with Crippen LogP contribution in [0.2, 0.25) is 0 Å². The van der Waals surface area contributed by atoms with Crippen LogP contribution in [-0.2, 0) is 0 Å². The van der Waals surface area contributed by atoms with E-state index in [2.05, 4.69) is 49.4 Å². The lowest BCUT2D eigenvalue weighted by atomic mass is 10.2. The lowest BCUT2D eigenvalue weighted by Gasteiger charge is -2.36. The number of aryl methyl sites for hydroxylation is 1. The number of aromatic nitrogens is 2. The van der Waals surface area contributed by atoms with Crippen molar-refractivity contribution in [1.29, 1.82) is 0 Å². The summed E-state index contributed by atoms with van der Waals surface area (Å²) in [7, 11) is 0. The predicted molar refractivity (Wildman–Crippen MR) is 98.1 cm³/mol. The van der Waals surface area contributed by atoms with Gasteiger partial charge in [-0.3, -0.25) is 4.79 Å². The Hall–Kier alpha value is -2.63. The van der Waals surface area contributed by atoms with Crippen molar-refractivity contribution in [3.05, 3.63) is 47.9 Å². The van der Waals surface area contributed by atoms with E-state index in [0.717, 1.165) is 44.8 Å². The van der Waals surface area contributed by atoms with Gasteiger partial charge in [0.25, 0.3) is 5.91 Å². The minimum atomic E-state index is -0.0860. The SMILES string of the molecule is Cc1nc(C(=O)NC2CC2)cc(N2CCN(c3ccccc3)CC2)n1. The van der Waals surface area contributed by atoms with Crippen LogP contribution in [0.1, 0.15) is 29.2 Å². The van der Waals surface area contributed by atoms with Gasteiger partial charge in [0.1, 0.15) is 17.3 Å². The summed E-state index contributed by atoms with van der Waals surface area (Å²) in [5, 5.41) is 3.00. The number of anilines is 2. The van der Waals surface area contributed by atoms with E-state index in [-0.39, 0.29) is 5.91 Å². The van der Waals surface area contributed by atoms with E-state index in [1.165, 1.54) is 5.69 Å². The van der Waals surface area contributed by atoms with Crippen molar-refractivity contribution in [3.63, 3.8) is 0 Å². The zero-order chi connectivity index (χ0) is 17.2. The van der Waals surface area contributed by atoms with Gasteiger partial charge < -0.3 is 15.1 Å². The summed E-state index contributed by atoms with van der Waals surface area (Å²) in [6.07, 6.45) is 2.15. The van der Waals surface area contributed by atoms with E-state index in [9.17, 15) is 4.79 Å². The van der Waals surface area contributed by atoms with Gasteiger partial charge in [0, 0.05) is 44.0 Å². The van der Waals surface area contributed by atoms with Crippen molar-refractivity contribution in [2.24, 2.45) is 0 Å². The van der Waals surface area contributed by atoms with Crippen molar-refractivity contribution in [3.8, 4) is 0 Å². The zero-order valence-corrected chi connectivity index (χ0v) is 14.5. The Kier molecular flexibility index (Phi) is 4.26. The minimum absolute atomic E-state index is 0.0860.